The van der Waals surface area contributed by atoms with E-state index in [4.69, 9.17) is 0 Å². The summed E-state index contributed by atoms with van der Waals surface area (Å²) in [5.41, 5.74) is 1.13. The normalized spacial score (nSPS) is 25.0. The Bertz CT molecular complexity index is 459. The molecule has 2 saturated heterocycles. The van der Waals surface area contributed by atoms with Crippen molar-refractivity contribution < 1.29 is 4.79 Å². The average Bonchev–Trinajstić information content (AvgIpc) is 3.09. The molecule has 0 aromatic heterocycles. The maximum absolute atomic E-state index is 12.6. The minimum Gasteiger partial charge on any atom is -0.342 e. The summed E-state index contributed by atoms with van der Waals surface area (Å²) in [6, 6.07) is 10.8. The van der Waals surface area contributed by atoms with Crippen LogP contribution >= 0.6 is 0 Å². The molecule has 3 nitrogen and oxygen atoms in total. The van der Waals surface area contributed by atoms with E-state index in [-0.39, 0.29) is 5.92 Å². The zero-order valence-electron chi connectivity index (χ0n) is 12.9. The summed E-state index contributed by atoms with van der Waals surface area (Å²) in [4.78, 5) is 14.7. The number of carbonyl (C=O) groups is 1. The predicted molar refractivity (Wildman–Crippen MR) is 85.2 cm³/mol. The Kier molecular flexibility index (Phi) is 4.59. The van der Waals surface area contributed by atoms with Gasteiger partial charge in [-0.15, -0.1) is 0 Å². The summed E-state index contributed by atoms with van der Waals surface area (Å²) < 4.78 is 0. The van der Waals surface area contributed by atoms with E-state index < -0.39 is 0 Å². The zero-order valence-corrected chi connectivity index (χ0v) is 12.9. The minimum absolute atomic E-state index is 0.0210. The number of rotatable bonds is 3. The summed E-state index contributed by atoms with van der Waals surface area (Å²) in [5.74, 6) is 1.04. The maximum atomic E-state index is 12.6. The standard InChI is InChI=1S/C18H26N2O/c1-14(15-6-3-2-4-7-15)18(21)20-12-9-16(10-13-20)17-8-5-11-19-17/h2-4,6-7,14,16-17,19H,5,8-13H2,1H3. The van der Waals surface area contributed by atoms with Crippen molar-refractivity contribution >= 4 is 5.91 Å². The largest absolute Gasteiger partial charge is 0.342 e. The van der Waals surface area contributed by atoms with Crippen LogP contribution in [0.15, 0.2) is 30.3 Å². The lowest BCUT2D eigenvalue weighted by Gasteiger charge is -2.36. The summed E-state index contributed by atoms with van der Waals surface area (Å²) in [5, 5.41) is 3.62. The number of nitrogens with zero attached hydrogens (tertiary/aromatic N) is 1. The molecule has 2 aliphatic heterocycles. The second kappa shape index (κ2) is 6.61. The van der Waals surface area contributed by atoms with Crippen molar-refractivity contribution in [2.75, 3.05) is 19.6 Å². The number of benzene rings is 1. The molecule has 1 amide bonds. The first-order valence-corrected chi connectivity index (χ1v) is 8.33. The molecule has 1 N–H and O–H groups in total. The van der Waals surface area contributed by atoms with Gasteiger partial charge in [0.15, 0.2) is 0 Å². The van der Waals surface area contributed by atoms with Crippen molar-refractivity contribution in [2.24, 2.45) is 5.92 Å². The summed E-state index contributed by atoms with van der Waals surface area (Å²) >= 11 is 0. The van der Waals surface area contributed by atoms with Gasteiger partial charge in [-0.2, -0.15) is 0 Å². The number of nitrogens with one attached hydrogen (secondary N) is 1. The SMILES string of the molecule is CC(C(=O)N1CCC(C2CCCN2)CC1)c1ccccc1. The topological polar surface area (TPSA) is 32.3 Å². The highest BCUT2D eigenvalue weighted by Gasteiger charge is 2.31. The van der Waals surface area contributed by atoms with Crippen LogP contribution in [-0.4, -0.2) is 36.5 Å². The third-order valence-corrected chi connectivity index (χ3v) is 5.19. The van der Waals surface area contributed by atoms with Gasteiger partial charge in [-0.25, -0.2) is 0 Å². The van der Waals surface area contributed by atoms with Crippen LogP contribution in [0.4, 0.5) is 0 Å². The van der Waals surface area contributed by atoms with E-state index in [1.807, 2.05) is 25.1 Å². The highest BCUT2D eigenvalue weighted by Crippen LogP contribution is 2.27. The van der Waals surface area contributed by atoms with Gasteiger partial charge in [0.1, 0.15) is 0 Å². The molecule has 114 valence electrons. The molecule has 0 bridgehead atoms. The lowest BCUT2D eigenvalue weighted by atomic mass is 9.88. The molecule has 3 heteroatoms. The van der Waals surface area contributed by atoms with Crippen LogP contribution in [0.25, 0.3) is 0 Å². The maximum Gasteiger partial charge on any atom is 0.229 e. The number of piperidine rings is 1. The molecule has 2 aliphatic rings. The lowest BCUT2D eigenvalue weighted by Crippen LogP contribution is -2.44. The van der Waals surface area contributed by atoms with Gasteiger partial charge < -0.3 is 10.2 Å². The molecule has 0 aliphatic carbocycles. The fourth-order valence-corrected chi connectivity index (χ4v) is 3.79. The number of amides is 1. The quantitative estimate of drug-likeness (QED) is 0.926. The smallest absolute Gasteiger partial charge is 0.229 e. The summed E-state index contributed by atoms with van der Waals surface area (Å²) in [6.07, 6.45) is 4.95. The fraction of sp³-hybridized carbons (Fsp3) is 0.611. The van der Waals surface area contributed by atoms with Gasteiger partial charge in [-0.1, -0.05) is 30.3 Å². The second-order valence-electron chi connectivity index (χ2n) is 6.50. The number of hydrogen-bond donors (Lipinski definition) is 1. The van der Waals surface area contributed by atoms with Gasteiger partial charge >= 0.3 is 0 Å². The third-order valence-electron chi connectivity index (χ3n) is 5.19. The third kappa shape index (κ3) is 3.29. The molecule has 0 radical (unpaired) electrons. The first-order chi connectivity index (χ1) is 10.3. The monoisotopic (exact) mass is 286 g/mol. The van der Waals surface area contributed by atoms with E-state index in [0.29, 0.717) is 11.9 Å². The van der Waals surface area contributed by atoms with Crippen molar-refractivity contribution in [3.63, 3.8) is 0 Å². The van der Waals surface area contributed by atoms with Gasteiger partial charge in [0.05, 0.1) is 5.92 Å². The van der Waals surface area contributed by atoms with E-state index in [1.165, 1.54) is 19.4 Å². The van der Waals surface area contributed by atoms with Gasteiger partial charge in [-0.3, -0.25) is 4.79 Å². The number of likely N-dealkylation sites (tertiary alicyclic amines) is 1. The molecular weight excluding hydrogens is 260 g/mol. The van der Waals surface area contributed by atoms with Crippen molar-refractivity contribution in [3.05, 3.63) is 35.9 Å². The Hall–Kier alpha value is -1.35. The Balaban J connectivity index is 1.55. The van der Waals surface area contributed by atoms with Crippen LogP contribution in [0.1, 0.15) is 44.1 Å². The van der Waals surface area contributed by atoms with Crippen molar-refractivity contribution in [2.45, 2.75) is 44.6 Å². The summed E-state index contributed by atoms with van der Waals surface area (Å²) in [7, 11) is 0. The van der Waals surface area contributed by atoms with Crippen LogP contribution in [-0.2, 0) is 4.79 Å². The van der Waals surface area contributed by atoms with Gasteiger partial charge in [0.25, 0.3) is 0 Å². The predicted octanol–water partition coefficient (Wildman–Crippen LogP) is 2.78. The number of carbonyl (C=O) groups excluding carboxylic acids is 1. The molecule has 2 atom stereocenters. The van der Waals surface area contributed by atoms with Crippen LogP contribution in [0.3, 0.4) is 0 Å². The lowest BCUT2D eigenvalue weighted by molar-refractivity contribution is -0.134. The second-order valence-corrected chi connectivity index (χ2v) is 6.50. The van der Waals surface area contributed by atoms with Crippen LogP contribution in [0.2, 0.25) is 0 Å². The Morgan fingerprint density at radius 3 is 2.52 bits per heavy atom. The van der Waals surface area contributed by atoms with E-state index in [9.17, 15) is 4.79 Å². The Morgan fingerprint density at radius 2 is 1.90 bits per heavy atom. The average molecular weight is 286 g/mol. The van der Waals surface area contributed by atoms with E-state index in [1.54, 1.807) is 0 Å². The van der Waals surface area contributed by atoms with Gasteiger partial charge in [-0.05, 0) is 50.6 Å². The molecular formula is C18H26N2O. The molecule has 2 unspecified atom stereocenters. The van der Waals surface area contributed by atoms with E-state index >= 15 is 0 Å². The first kappa shape index (κ1) is 14.6. The zero-order chi connectivity index (χ0) is 14.7. The highest BCUT2D eigenvalue weighted by atomic mass is 16.2. The molecule has 2 fully saturated rings. The molecule has 0 spiro atoms. The minimum atomic E-state index is -0.0210. The fourth-order valence-electron chi connectivity index (χ4n) is 3.79. The van der Waals surface area contributed by atoms with Crippen molar-refractivity contribution in [1.29, 1.82) is 0 Å². The molecule has 21 heavy (non-hydrogen) atoms. The van der Waals surface area contributed by atoms with Crippen molar-refractivity contribution in [3.8, 4) is 0 Å². The van der Waals surface area contributed by atoms with E-state index in [2.05, 4.69) is 22.3 Å². The van der Waals surface area contributed by atoms with Crippen molar-refractivity contribution in [1.82, 2.24) is 10.2 Å². The molecule has 0 saturated carbocycles. The van der Waals surface area contributed by atoms with Crippen LogP contribution in [0, 0.1) is 5.92 Å². The first-order valence-electron chi connectivity index (χ1n) is 8.33. The molecule has 1 aromatic carbocycles. The molecule has 1 aromatic rings. The van der Waals surface area contributed by atoms with E-state index in [0.717, 1.165) is 37.4 Å². The van der Waals surface area contributed by atoms with Crippen LogP contribution in [0.5, 0.6) is 0 Å². The van der Waals surface area contributed by atoms with Crippen LogP contribution < -0.4 is 5.32 Å². The molecule has 3 rings (SSSR count). The Labute approximate surface area is 127 Å². The number of hydrogen-bond acceptors (Lipinski definition) is 2. The summed E-state index contributed by atoms with van der Waals surface area (Å²) in [6.45, 7) is 5.06. The van der Waals surface area contributed by atoms with Gasteiger partial charge in [0.2, 0.25) is 5.91 Å². The highest BCUT2D eigenvalue weighted by molar-refractivity contribution is 5.83. The molecule has 2 heterocycles. The Morgan fingerprint density at radius 1 is 1.19 bits per heavy atom. The van der Waals surface area contributed by atoms with Gasteiger partial charge in [0, 0.05) is 19.1 Å².